The van der Waals surface area contributed by atoms with Gasteiger partial charge in [0.25, 0.3) is 5.91 Å². The van der Waals surface area contributed by atoms with Crippen molar-refractivity contribution in [2.75, 3.05) is 57.4 Å². The van der Waals surface area contributed by atoms with Gasteiger partial charge < -0.3 is 14.2 Å². The summed E-state index contributed by atoms with van der Waals surface area (Å²) >= 11 is 6.17. The molecular formula is C30H36ClN5O7. The van der Waals surface area contributed by atoms with Crippen molar-refractivity contribution >= 4 is 47.2 Å². The van der Waals surface area contributed by atoms with E-state index in [9.17, 15) is 19.2 Å². The van der Waals surface area contributed by atoms with Crippen LogP contribution in [0.4, 0.5) is 10.5 Å². The van der Waals surface area contributed by atoms with Crippen LogP contribution in [0.5, 0.6) is 0 Å². The first-order chi connectivity index (χ1) is 20.7. The van der Waals surface area contributed by atoms with Crippen molar-refractivity contribution in [3.05, 3.63) is 65.7 Å². The Morgan fingerprint density at radius 2 is 1.63 bits per heavy atom. The van der Waals surface area contributed by atoms with Crippen LogP contribution >= 0.6 is 11.8 Å². The topological polar surface area (TPSA) is 133 Å². The first-order valence-electron chi connectivity index (χ1n) is 14.2. The molecule has 0 radical (unpaired) electrons. The number of esters is 2. The maximum atomic E-state index is 12.7. The Kier molecular flexibility index (Phi) is 11.1. The Morgan fingerprint density at radius 3 is 2.26 bits per heavy atom. The number of anilines is 1. The lowest BCUT2D eigenvalue weighted by molar-refractivity contribution is -0.157. The number of hydrogen-bond donors (Lipinski definition) is 1. The van der Waals surface area contributed by atoms with Gasteiger partial charge in [-0.1, -0.05) is 18.2 Å². The van der Waals surface area contributed by atoms with E-state index in [4.69, 9.17) is 31.4 Å². The summed E-state index contributed by atoms with van der Waals surface area (Å²) in [6, 6.07) is 14.4. The highest BCUT2D eigenvalue weighted by Crippen LogP contribution is 2.24. The molecule has 12 nitrogen and oxygen atoms in total. The number of nitrogens with one attached hydrogen (secondary N) is 1. The van der Waals surface area contributed by atoms with Crippen molar-refractivity contribution < 1.29 is 33.4 Å². The predicted octanol–water partition coefficient (Wildman–Crippen LogP) is 3.14. The molecule has 0 spiro atoms. The molecule has 0 aromatic heterocycles. The molecule has 2 aliphatic rings. The van der Waals surface area contributed by atoms with Gasteiger partial charge >= 0.3 is 18.0 Å². The third-order valence-electron chi connectivity index (χ3n) is 7.26. The largest absolute Gasteiger partial charge is 0.466 e. The maximum absolute atomic E-state index is 12.7. The number of amides is 2. The molecule has 2 amide bonds. The molecule has 0 aliphatic carbocycles. The van der Waals surface area contributed by atoms with Crippen LogP contribution in [0, 0.1) is 5.41 Å². The molecule has 2 saturated heterocycles. The van der Waals surface area contributed by atoms with E-state index in [1.165, 1.54) is 4.90 Å². The van der Waals surface area contributed by atoms with E-state index in [0.717, 1.165) is 4.42 Å². The second-order valence-electron chi connectivity index (χ2n) is 10.1. The molecule has 43 heavy (non-hydrogen) atoms. The Labute approximate surface area is 255 Å². The molecule has 0 saturated carbocycles. The molecule has 4 rings (SSSR count). The van der Waals surface area contributed by atoms with Crippen LogP contribution in [-0.2, 0) is 23.8 Å². The number of rotatable bonds is 11. The van der Waals surface area contributed by atoms with E-state index in [1.54, 1.807) is 68.4 Å². The normalized spacial score (nSPS) is 18.1. The molecule has 2 heterocycles. The minimum atomic E-state index is -0.701. The van der Waals surface area contributed by atoms with E-state index >= 15 is 0 Å². The fraction of sp³-hybridized carbons (Fsp3) is 0.433. The van der Waals surface area contributed by atoms with E-state index in [0.29, 0.717) is 56.1 Å². The molecule has 2 fully saturated rings. The average Bonchev–Trinajstić information content (AvgIpc) is 3.39. The van der Waals surface area contributed by atoms with E-state index in [-0.39, 0.29) is 31.6 Å². The van der Waals surface area contributed by atoms with Crippen molar-refractivity contribution in [1.82, 2.24) is 14.2 Å². The van der Waals surface area contributed by atoms with Crippen LogP contribution in [0.15, 0.2) is 54.6 Å². The predicted molar refractivity (Wildman–Crippen MR) is 159 cm³/mol. The molecule has 230 valence electrons. The van der Waals surface area contributed by atoms with Gasteiger partial charge in [-0.15, -0.1) is 0 Å². The van der Waals surface area contributed by atoms with Gasteiger partial charge in [-0.2, -0.15) is 4.42 Å². The summed E-state index contributed by atoms with van der Waals surface area (Å²) in [4.78, 5) is 55.5. The van der Waals surface area contributed by atoms with Gasteiger partial charge in [0, 0.05) is 61.3 Å². The first kappa shape index (κ1) is 31.9. The Morgan fingerprint density at radius 1 is 0.977 bits per heavy atom. The van der Waals surface area contributed by atoms with Gasteiger partial charge in [-0.05, 0) is 50.2 Å². The molecule has 2 atom stereocenters. The number of hydrogen-bond acceptors (Lipinski definition) is 10. The van der Waals surface area contributed by atoms with Gasteiger partial charge in [-0.25, -0.2) is 4.79 Å². The zero-order valence-corrected chi connectivity index (χ0v) is 25.0. The lowest BCUT2D eigenvalue weighted by Crippen LogP contribution is -2.54. The van der Waals surface area contributed by atoms with Crippen LogP contribution < -0.4 is 4.90 Å². The fourth-order valence-electron chi connectivity index (χ4n) is 5.06. The van der Waals surface area contributed by atoms with Crippen LogP contribution in [0.3, 0.4) is 0 Å². The number of cyclic esters (lactones) is 1. The third-order valence-corrected chi connectivity index (χ3v) is 7.58. The first-order valence-corrected chi connectivity index (χ1v) is 14.6. The molecule has 2 aromatic rings. The van der Waals surface area contributed by atoms with Gasteiger partial charge in [0.1, 0.15) is 12.1 Å². The summed E-state index contributed by atoms with van der Waals surface area (Å²) in [6.07, 6.45) is -0.896. The van der Waals surface area contributed by atoms with E-state index < -0.39 is 30.0 Å². The SMILES string of the molecule is CCOC(=O)CC(C(=O)OCC)N1CCN(CC2CN(c3ccc(C(=N)N(Cl)C(=O)c4ccccc4)cc3)C(=O)O2)CC1. The minimum Gasteiger partial charge on any atom is -0.466 e. The summed E-state index contributed by atoms with van der Waals surface area (Å²) in [7, 11) is 0. The van der Waals surface area contributed by atoms with Gasteiger partial charge in [0.15, 0.2) is 5.84 Å². The minimum absolute atomic E-state index is 0.0631. The smallest absolute Gasteiger partial charge is 0.414 e. The molecule has 0 bridgehead atoms. The van der Waals surface area contributed by atoms with Crippen molar-refractivity contribution in [2.45, 2.75) is 32.4 Å². The summed E-state index contributed by atoms with van der Waals surface area (Å²) in [6.45, 7) is 7.13. The number of nitrogens with zero attached hydrogens (tertiary/aromatic N) is 4. The molecule has 2 unspecified atom stereocenters. The zero-order valence-electron chi connectivity index (χ0n) is 24.2. The number of piperazine rings is 1. The van der Waals surface area contributed by atoms with Crippen molar-refractivity contribution in [3.63, 3.8) is 0 Å². The lowest BCUT2D eigenvalue weighted by Gasteiger charge is -2.38. The molecule has 1 N–H and O–H groups in total. The summed E-state index contributed by atoms with van der Waals surface area (Å²) in [5, 5.41) is 8.36. The zero-order chi connectivity index (χ0) is 30.9. The van der Waals surface area contributed by atoms with Gasteiger partial charge in [0.05, 0.1) is 26.2 Å². The maximum Gasteiger partial charge on any atom is 0.414 e. The average molecular weight is 614 g/mol. The number of amidine groups is 1. The van der Waals surface area contributed by atoms with E-state index in [2.05, 4.69) is 4.90 Å². The van der Waals surface area contributed by atoms with Crippen LogP contribution in [-0.4, -0.2) is 109 Å². The summed E-state index contributed by atoms with van der Waals surface area (Å²) in [5.41, 5.74) is 1.37. The highest BCUT2D eigenvalue weighted by Gasteiger charge is 2.36. The van der Waals surface area contributed by atoms with Crippen molar-refractivity contribution in [2.24, 2.45) is 0 Å². The fourth-order valence-corrected chi connectivity index (χ4v) is 5.25. The highest BCUT2D eigenvalue weighted by atomic mass is 35.5. The lowest BCUT2D eigenvalue weighted by atomic mass is 10.1. The van der Waals surface area contributed by atoms with Crippen molar-refractivity contribution in [3.8, 4) is 0 Å². The Hall–Kier alpha value is -4.00. The Bertz CT molecular complexity index is 1300. The van der Waals surface area contributed by atoms with Crippen molar-refractivity contribution in [1.29, 1.82) is 5.41 Å². The Balaban J connectivity index is 1.29. The van der Waals surface area contributed by atoms with Gasteiger partial charge in [0.2, 0.25) is 0 Å². The molecule has 13 heteroatoms. The molecular weight excluding hydrogens is 578 g/mol. The quantitative estimate of drug-likeness (QED) is 0.133. The third kappa shape index (κ3) is 8.09. The standard InChI is InChI=1S/C30H36ClN5O7/c1-3-41-26(37)18-25(29(39)42-4-2)34-16-14-33(15-17-34)19-24-20-35(30(40)43-24)23-12-10-21(11-13-23)27(32)36(31)28(38)22-8-6-5-7-9-22/h5-13,24-25,32H,3-4,14-20H2,1-2H3. The van der Waals surface area contributed by atoms with Crippen LogP contribution in [0.25, 0.3) is 0 Å². The highest BCUT2D eigenvalue weighted by molar-refractivity contribution is 6.35. The second-order valence-corrected chi connectivity index (χ2v) is 10.4. The summed E-state index contributed by atoms with van der Waals surface area (Å²) in [5.74, 6) is -1.58. The van der Waals surface area contributed by atoms with Crippen LogP contribution in [0.1, 0.15) is 36.2 Å². The monoisotopic (exact) mass is 613 g/mol. The number of carbonyl (C=O) groups excluding carboxylic acids is 4. The number of ether oxygens (including phenoxy) is 3. The number of halogens is 1. The number of carbonyl (C=O) groups is 4. The van der Waals surface area contributed by atoms with Crippen LogP contribution in [0.2, 0.25) is 0 Å². The number of benzene rings is 2. The van der Waals surface area contributed by atoms with E-state index in [1.807, 2.05) is 4.90 Å². The summed E-state index contributed by atoms with van der Waals surface area (Å²) < 4.78 is 16.6. The van der Waals surface area contributed by atoms with Gasteiger partial charge in [-0.3, -0.25) is 34.5 Å². The molecule has 2 aromatic carbocycles. The molecule has 2 aliphatic heterocycles. The second kappa shape index (κ2) is 14.9.